The number of ether oxygens (including phenoxy) is 1. The zero-order chi connectivity index (χ0) is 26.7. The van der Waals surface area contributed by atoms with Crippen molar-refractivity contribution in [2.24, 2.45) is 0 Å². The summed E-state index contributed by atoms with van der Waals surface area (Å²) in [5.41, 5.74) is 2.98. The van der Waals surface area contributed by atoms with Crippen molar-refractivity contribution in [3.8, 4) is 11.5 Å². The molecule has 1 aliphatic heterocycles. The van der Waals surface area contributed by atoms with Crippen molar-refractivity contribution in [3.63, 3.8) is 0 Å². The molecule has 9 nitrogen and oxygen atoms in total. The van der Waals surface area contributed by atoms with Crippen molar-refractivity contribution in [3.05, 3.63) is 87.4 Å². The molecule has 4 rings (SSSR count). The first-order valence-electron chi connectivity index (χ1n) is 11.1. The Balaban J connectivity index is 1.57. The van der Waals surface area contributed by atoms with Gasteiger partial charge < -0.3 is 15.2 Å². The van der Waals surface area contributed by atoms with Crippen molar-refractivity contribution in [1.82, 2.24) is 5.32 Å². The van der Waals surface area contributed by atoms with Crippen LogP contribution >= 0.6 is 15.9 Å². The second-order valence-corrected chi connectivity index (χ2v) is 9.21. The first-order chi connectivity index (χ1) is 17.6. The van der Waals surface area contributed by atoms with Gasteiger partial charge >= 0.3 is 6.03 Å². The van der Waals surface area contributed by atoms with Crippen LogP contribution in [0.5, 0.6) is 11.5 Å². The van der Waals surface area contributed by atoms with E-state index in [1.54, 1.807) is 24.3 Å². The summed E-state index contributed by atoms with van der Waals surface area (Å²) in [4.78, 5) is 51.4. The highest BCUT2D eigenvalue weighted by Gasteiger charge is 2.37. The van der Waals surface area contributed by atoms with Gasteiger partial charge in [-0.25, -0.2) is 9.69 Å². The van der Waals surface area contributed by atoms with Gasteiger partial charge in [0.1, 0.15) is 17.1 Å². The number of aromatic hydroxyl groups is 1. The highest BCUT2D eigenvalue weighted by molar-refractivity contribution is 9.10. The van der Waals surface area contributed by atoms with Crippen molar-refractivity contribution in [1.29, 1.82) is 0 Å². The normalized spacial score (nSPS) is 14.5. The van der Waals surface area contributed by atoms with Gasteiger partial charge in [0.05, 0.1) is 5.69 Å². The molecule has 0 spiro atoms. The number of phenols is 1. The third-order valence-electron chi connectivity index (χ3n) is 5.63. The number of rotatable bonds is 6. The number of phenolic OH excluding ortho intramolecular Hbond substituents is 1. The minimum atomic E-state index is -0.911. The molecule has 1 fully saturated rings. The van der Waals surface area contributed by atoms with Gasteiger partial charge in [-0.1, -0.05) is 22.0 Å². The molecule has 3 aromatic carbocycles. The maximum atomic E-state index is 13.1. The summed E-state index contributed by atoms with van der Waals surface area (Å²) < 4.78 is 6.35. The van der Waals surface area contributed by atoms with Crippen molar-refractivity contribution in [2.45, 2.75) is 13.8 Å². The second kappa shape index (κ2) is 10.7. The van der Waals surface area contributed by atoms with Crippen LogP contribution in [-0.4, -0.2) is 35.5 Å². The first kappa shape index (κ1) is 25.6. The van der Waals surface area contributed by atoms with E-state index < -0.39 is 17.8 Å². The molecule has 0 unspecified atom stereocenters. The standard InChI is InChI=1S/C27H22BrN3O6/c1-15-3-5-19(11-16(15)2)29-24(33)14-37-23-10-4-18(28)12-17(23)13-22-25(34)30-27(36)31(26(22)35)20-6-8-21(32)9-7-20/h3-13,32H,14H2,1-2H3,(H,29,33)(H,30,34,36)/b22-13-. The Kier molecular flexibility index (Phi) is 7.40. The molecular formula is C27H22BrN3O6. The number of halogens is 1. The fourth-order valence-corrected chi connectivity index (χ4v) is 3.95. The first-order valence-corrected chi connectivity index (χ1v) is 11.9. The maximum absolute atomic E-state index is 13.1. The third-order valence-corrected chi connectivity index (χ3v) is 6.12. The molecule has 1 heterocycles. The Morgan fingerprint density at radius 2 is 1.76 bits per heavy atom. The molecule has 0 bridgehead atoms. The summed E-state index contributed by atoms with van der Waals surface area (Å²) in [6.45, 7) is 3.61. The Morgan fingerprint density at radius 3 is 2.46 bits per heavy atom. The molecule has 0 atom stereocenters. The van der Waals surface area contributed by atoms with E-state index in [1.807, 2.05) is 26.0 Å². The molecule has 3 N–H and O–H groups in total. The van der Waals surface area contributed by atoms with E-state index in [-0.39, 0.29) is 35.3 Å². The van der Waals surface area contributed by atoms with Gasteiger partial charge in [0.15, 0.2) is 6.61 Å². The van der Waals surface area contributed by atoms with Crippen LogP contribution in [0.3, 0.4) is 0 Å². The number of barbiturate groups is 1. The molecule has 5 amide bonds. The van der Waals surface area contributed by atoms with Crippen LogP contribution in [-0.2, 0) is 14.4 Å². The van der Waals surface area contributed by atoms with Crippen LogP contribution in [0.2, 0.25) is 0 Å². The van der Waals surface area contributed by atoms with Gasteiger partial charge in [0.2, 0.25) is 0 Å². The Labute approximate surface area is 220 Å². The average molecular weight is 564 g/mol. The van der Waals surface area contributed by atoms with Crippen LogP contribution in [0.15, 0.2) is 70.7 Å². The number of nitrogens with zero attached hydrogens (tertiary/aromatic N) is 1. The number of hydrogen-bond acceptors (Lipinski definition) is 6. The third kappa shape index (κ3) is 5.87. The summed E-state index contributed by atoms with van der Waals surface area (Å²) in [7, 11) is 0. The van der Waals surface area contributed by atoms with E-state index in [1.165, 1.54) is 30.3 Å². The molecule has 37 heavy (non-hydrogen) atoms. The molecule has 1 saturated heterocycles. The number of urea groups is 1. The number of hydrogen-bond donors (Lipinski definition) is 3. The van der Waals surface area contributed by atoms with Crippen LogP contribution < -0.4 is 20.3 Å². The zero-order valence-electron chi connectivity index (χ0n) is 19.9. The predicted molar refractivity (Wildman–Crippen MR) is 141 cm³/mol. The number of amides is 5. The fraction of sp³-hybridized carbons (Fsp3) is 0.111. The van der Waals surface area contributed by atoms with Crippen LogP contribution in [0.1, 0.15) is 16.7 Å². The number of aryl methyl sites for hydroxylation is 2. The van der Waals surface area contributed by atoms with Crippen molar-refractivity contribution >= 4 is 57.1 Å². The molecule has 1 aliphatic rings. The monoisotopic (exact) mass is 563 g/mol. The van der Waals surface area contributed by atoms with Gasteiger partial charge in [-0.15, -0.1) is 0 Å². The van der Waals surface area contributed by atoms with E-state index in [0.717, 1.165) is 16.0 Å². The highest BCUT2D eigenvalue weighted by Crippen LogP contribution is 2.28. The number of benzene rings is 3. The molecule has 0 aliphatic carbocycles. The summed E-state index contributed by atoms with van der Waals surface area (Å²) in [6, 6.07) is 14.9. The van der Waals surface area contributed by atoms with Crippen LogP contribution in [0, 0.1) is 13.8 Å². The van der Waals surface area contributed by atoms with Crippen molar-refractivity contribution < 1.29 is 29.0 Å². The van der Waals surface area contributed by atoms with E-state index in [4.69, 9.17) is 4.74 Å². The van der Waals surface area contributed by atoms with E-state index in [0.29, 0.717) is 15.7 Å². The van der Waals surface area contributed by atoms with Gasteiger partial charge in [-0.3, -0.25) is 19.7 Å². The summed E-state index contributed by atoms with van der Waals surface area (Å²) in [5, 5.41) is 14.4. The number of anilines is 2. The lowest BCUT2D eigenvalue weighted by Gasteiger charge is -2.26. The lowest BCUT2D eigenvalue weighted by molar-refractivity contribution is -0.122. The SMILES string of the molecule is Cc1ccc(NC(=O)COc2ccc(Br)cc2/C=C2/C(=O)NC(=O)N(c3ccc(O)cc3)C2=O)cc1C. The van der Waals surface area contributed by atoms with Gasteiger partial charge in [-0.05, 0) is 85.6 Å². The largest absolute Gasteiger partial charge is 0.508 e. The quantitative estimate of drug-likeness (QED) is 0.300. The Hall–Kier alpha value is -4.44. The van der Waals surface area contributed by atoms with E-state index in [9.17, 15) is 24.3 Å². The minimum Gasteiger partial charge on any atom is -0.508 e. The predicted octanol–water partition coefficient (Wildman–Crippen LogP) is 4.46. The Morgan fingerprint density at radius 1 is 1.03 bits per heavy atom. The molecular weight excluding hydrogens is 542 g/mol. The van der Waals surface area contributed by atoms with Crippen LogP contribution in [0.4, 0.5) is 16.2 Å². The number of carbonyl (C=O) groups is 4. The molecule has 188 valence electrons. The Bertz CT molecular complexity index is 1450. The zero-order valence-corrected chi connectivity index (χ0v) is 21.5. The van der Waals surface area contributed by atoms with Crippen LogP contribution in [0.25, 0.3) is 6.08 Å². The maximum Gasteiger partial charge on any atom is 0.335 e. The molecule has 0 saturated carbocycles. The average Bonchev–Trinajstić information content (AvgIpc) is 2.84. The second-order valence-electron chi connectivity index (χ2n) is 8.29. The van der Waals surface area contributed by atoms with Crippen molar-refractivity contribution in [2.75, 3.05) is 16.8 Å². The van der Waals surface area contributed by atoms with Gasteiger partial charge in [0.25, 0.3) is 17.7 Å². The highest BCUT2D eigenvalue weighted by atomic mass is 79.9. The van der Waals surface area contributed by atoms with Gasteiger partial charge in [-0.2, -0.15) is 0 Å². The molecule has 0 radical (unpaired) electrons. The topological polar surface area (TPSA) is 125 Å². The van der Waals surface area contributed by atoms with E-state index >= 15 is 0 Å². The molecule has 10 heteroatoms. The summed E-state index contributed by atoms with van der Waals surface area (Å²) in [6.07, 6.45) is 1.29. The fourth-order valence-electron chi connectivity index (χ4n) is 3.57. The van der Waals surface area contributed by atoms with E-state index in [2.05, 4.69) is 26.6 Å². The molecule has 0 aromatic heterocycles. The molecule has 3 aromatic rings. The number of imide groups is 2. The smallest absolute Gasteiger partial charge is 0.335 e. The number of nitrogens with one attached hydrogen (secondary N) is 2. The van der Waals surface area contributed by atoms with Gasteiger partial charge in [0, 0.05) is 15.7 Å². The number of carbonyl (C=O) groups excluding carboxylic acids is 4. The summed E-state index contributed by atoms with van der Waals surface area (Å²) in [5.74, 6) is -1.90. The lowest BCUT2D eigenvalue weighted by atomic mass is 10.1. The minimum absolute atomic E-state index is 0.0436. The lowest BCUT2D eigenvalue weighted by Crippen LogP contribution is -2.54. The summed E-state index contributed by atoms with van der Waals surface area (Å²) >= 11 is 3.36.